The Morgan fingerprint density at radius 2 is 1.67 bits per heavy atom. The van der Waals surface area contributed by atoms with Crippen LogP contribution in [0.2, 0.25) is 0 Å². The molecule has 110 valence electrons. The van der Waals surface area contributed by atoms with E-state index in [2.05, 4.69) is 5.16 Å². The Bertz CT molecular complexity index is 610. The van der Waals surface area contributed by atoms with Crippen molar-refractivity contribution in [1.29, 1.82) is 0 Å². The summed E-state index contributed by atoms with van der Waals surface area (Å²) in [7, 11) is 0. The molecule has 5 N–H and O–H groups in total. The smallest absolute Gasteiger partial charge is 0.176 e. The molecule has 0 unspecified atom stereocenters. The van der Waals surface area contributed by atoms with Crippen LogP contribution in [-0.4, -0.2) is 23.2 Å². The lowest BCUT2D eigenvalue weighted by atomic mass is 10.1. The molecular weight excluding hydrogens is 266 g/mol. The predicted molar refractivity (Wildman–Crippen MR) is 84.7 cm³/mol. The van der Waals surface area contributed by atoms with Crippen LogP contribution in [0.3, 0.4) is 0 Å². The van der Waals surface area contributed by atoms with E-state index >= 15 is 0 Å². The highest BCUT2D eigenvalue weighted by molar-refractivity contribution is 6.02. The zero-order valence-electron chi connectivity index (χ0n) is 11.9. The van der Waals surface area contributed by atoms with Gasteiger partial charge >= 0.3 is 0 Å². The van der Waals surface area contributed by atoms with Crippen molar-refractivity contribution in [3.05, 3.63) is 65.7 Å². The van der Waals surface area contributed by atoms with Crippen LogP contribution in [0.1, 0.15) is 22.8 Å². The topological polar surface area (TPSA) is 102 Å². The van der Waals surface area contributed by atoms with Crippen molar-refractivity contribution >= 4 is 17.2 Å². The van der Waals surface area contributed by atoms with Crippen molar-refractivity contribution in [1.82, 2.24) is 0 Å². The molecule has 0 aromatic heterocycles. The highest BCUT2D eigenvalue weighted by Crippen LogP contribution is 2.10. The molecule has 0 aliphatic carbocycles. The summed E-state index contributed by atoms with van der Waals surface area (Å²) in [6.45, 7) is 1.79. The number of anilines is 1. The highest BCUT2D eigenvalue weighted by Gasteiger charge is 2.00. The molecule has 0 saturated heterocycles. The maximum Gasteiger partial charge on any atom is 0.176 e. The number of Topliss-reactive ketones (excluding diaryl/α,β-unsaturated/α-hetero) is 1. The van der Waals surface area contributed by atoms with Gasteiger partial charge in [-0.3, -0.25) is 4.79 Å². The molecule has 21 heavy (non-hydrogen) atoms. The second-order valence-corrected chi connectivity index (χ2v) is 4.27. The van der Waals surface area contributed by atoms with Gasteiger partial charge in [0.25, 0.3) is 0 Å². The molecule has 0 aliphatic rings. The number of para-hydroxylation sites is 1. The van der Waals surface area contributed by atoms with Crippen molar-refractivity contribution in [2.24, 2.45) is 10.9 Å². The van der Waals surface area contributed by atoms with Crippen molar-refractivity contribution in [2.45, 2.75) is 6.92 Å². The van der Waals surface area contributed by atoms with Gasteiger partial charge in [-0.2, -0.15) is 0 Å². The summed E-state index contributed by atoms with van der Waals surface area (Å²) in [6.07, 6.45) is 0. The van der Waals surface area contributed by atoms with Crippen molar-refractivity contribution < 1.29 is 10.0 Å². The maximum absolute atomic E-state index is 10.9. The lowest BCUT2D eigenvalue weighted by molar-refractivity contribution is 0.100. The third-order valence-corrected chi connectivity index (χ3v) is 2.78. The van der Waals surface area contributed by atoms with Crippen LogP contribution >= 0.6 is 0 Å². The Morgan fingerprint density at radius 3 is 2.19 bits per heavy atom. The van der Waals surface area contributed by atoms with Crippen molar-refractivity contribution in [2.75, 3.05) is 12.3 Å². The molecule has 2 aromatic carbocycles. The van der Waals surface area contributed by atoms with Gasteiger partial charge in [0.1, 0.15) is 0 Å². The Morgan fingerprint density at radius 1 is 1.10 bits per heavy atom. The lowest BCUT2D eigenvalue weighted by Crippen LogP contribution is -2.12. The van der Waals surface area contributed by atoms with E-state index in [4.69, 9.17) is 16.7 Å². The summed E-state index contributed by atoms with van der Waals surface area (Å²) in [5.41, 5.74) is 13.4. The number of hydrogen-bond acceptors (Lipinski definition) is 5. The number of nitrogens with two attached hydrogens (primary N) is 2. The fourth-order valence-corrected chi connectivity index (χ4v) is 1.62. The van der Waals surface area contributed by atoms with Gasteiger partial charge in [-0.25, -0.2) is 0 Å². The minimum absolute atomic E-state index is 0.0133. The molecule has 0 amide bonds. The number of carbonyl (C=O) groups is 1. The normalized spacial score (nSPS) is 10.5. The molecule has 0 saturated carbocycles. The van der Waals surface area contributed by atoms with Gasteiger partial charge in [0, 0.05) is 16.8 Å². The third kappa shape index (κ3) is 5.08. The first-order valence-electron chi connectivity index (χ1n) is 6.42. The van der Waals surface area contributed by atoms with Gasteiger partial charge in [-0.1, -0.05) is 53.7 Å². The Labute approximate surface area is 123 Å². The van der Waals surface area contributed by atoms with Crippen LogP contribution in [0.4, 0.5) is 5.69 Å². The molecule has 2 rings (SSSR count). The lowest BCUT2D eigenvalue weighted by Gasteiger charge is -2.01. The zero-order valence-corrected chi connectivity index (χ0v) is 11.9. The summed E-state index contributed by atoms with van der Waals surface area (Å²) in [4.78, 5) is 10.9. The summed E-state index contributed by atoms with van der Waals surface area (Å²) in [5.74, 6) is -0.0133. The Hall–Kier alpha value is -2.66. The number of rotatable bonds is 3. The van der Waals surface area contributed by atoms with Gasteiger partial charge < -0.3 is 16.7 Å². The first-order valence-corrected chi connectivity index (χ1v) is 6.42. The van der Waals surface area contributed by atoms with E-state index in [0.717, 1.165) is 5.56 Å². The van der Waals surface area contributed by atoms with Gasteiger partial charge in [-0.15, -0.1) is 0 Å². The molecule has 5 nitrogen and oxygen atoms in total. The fourth-order valence-electron chi connectivity index (χ4n) is 1.62. The van der Waals surface area contributed by atoms with E-state index < -0.39 is 0 Å². The monoisotopic (exact) mass is 285 g/mol. The van der Waals surface area contributed by atoms with Gasteiger partial charge in [0.2, 0.25) is 0 Å². The zero-order chi connectivity index (χ0) is 15.7. The van der Waals surface area contributed by atoms with Gasteiger partial charge in [0.05, 0.1) is 12.3 Å². The van der Waals surface area contributed by atoms with Crippen LogP contribution in [0.5, 0.6) is 0 Å². The van der Waals surface area contributed by atoms with Gasteiger partial charge in [-0.05, 0) is 13.0 Å². The van der Waals surface area contributed by atoms with Crippen molar-refractivity contribution in [3.8, 4) is 0 Å². The SMILES string of the molecule is CC(=NO)c1ccccc1N.NCC(=O)c1ccccc1. The molecule has 2 aromatic rings. The van der Waals surface area contributed by atoms with E-state index in [-0.39, 0.29) is 12.3 Å². The standard InChI is InChI=1S/C8H10N2O.C8H9NO/c1-6(10-11)7-4-2-3-5-8(7)9;9-6-8(10)7-4-2-1-3-5-7/h2-5,11H,9H2,1H3;1-5H,6,9H2. The molecule has 0 radical (unpaired) electrons. The molecule has 5 heteroatoms. The number of benzene rings is 2. The predicted octanol–water partition coefficient (Wildman–Crippen LogP) is 2.29. The van der Waals surface area contributed by atoms with Crippen LogP contribution in [-0.2, 0) is 0 Å². The molecule has 0 aliphatic heterocycles. The third-order valence-electron chi connectivity index (χ3n) is 2.78. The fraction of sp³-hybridized carbons (Fsp3) is 0.125. The number of carbonyl (C=O) groups excluding carboxylic acids is 1. The first kappa shape index (κ1) is 16.4. The number of nitrogens with zero attached hydrogens (tertiary/aromatic N) is 1. The Kier molecular flexibility index (Phi) is 6.63. The van der Waals surface area contributed by atoms with Crippen LogP contribution < -0.4 is 11.5 Å². The van der Waals surface area contributed by atoms with Crippen molar-refractivity contribution in [3.63, 3.8) is 0 Å². The molecule has 0 spiro atoms. The van der Waals surface area contributed by atoms with Crippen LogP contribution in [0, 0.1) is 0 Å². The second-order valence-electron chi connectivity index (χ2n) is 4.27. The first-order chi connectivity index (χ1) is 10.1. The molecule has 0 bridgehead atoms. The van der Waals surface area contributed by atoms with Gasteiger partial charge in [0.15, 0.2) is 5.78 Å². The number of ketones is 1. The largest absolute Gasteiger partial charge is 0.411 e. The molecule has 0 atom stereocenters. The molecule has 0 heterocycles. The van der Waals surface area contributed by atoms with Crippen LogP contribution in [0.25, 0.3) is 0 Å². The minimum atomic E-state index is -0.0133. The second kappa shape index (κ2) is 8.50. The van der Waals surface area contributed by atoms with E-state index in [9.17, 15) is 4.79 Å². The number of oxime groups is 1. The quantitative estimate of drug-likeness (QED) is 0.265. The van der Waals surface area contributed by atoms with E-state index in [1.807, 2.05) is 36.4 Å². The van der Waals surface area contributed by atoms with E-state index in [1.54, 1.807) is 25.1 Å². The maximum atomic E-state index is 10.9. The summed E-state index contributed by atoms with van der Waals surface area (Å²) >= 11 is 0. The average molecular weight is 285 g/mol. The van der Waals surface area contributed by atoms with E-state index in [0.29, 0.717) is 17.0 Å². The molecule has 0 fully saturated rings. The number of hydrogen-bond donors (Lipinski definition) is 3. The molecular formula is C16H19N3O2. The summed E-state index contributed by atoms with van der Waals surface area (Å²) in [5, 5.41) is 11.5. The van der Waals surface area contributed by atoms with E-state index in [1.165, 1.54) is 0 Å². The minimum Gasteiger partial charge on any atom is -0.411 e. The summed E-state index contributed by atoms with van der Waals surface area (Å²) < 4.78 is 0. The highest BCUT2D eigenvalue weighted by atomic mass is 16.4. The summed E-state index contributed by atoms with van der Waals surface area (Å²) in [6, 6.07) is 16.3. The Balaban J connectivity index is 0.000000211. The number of nitrogen functional groups attached to an aromatic ring is 1. The average Bonchev–Trinajstić information content (AvgIpc) is 2.55. The van der Waals surface area contributed by atoms with Crippen LogP contribution in [0.15, 0.2) is 59.8 Å².